The van der Waals surface area contributed by atoms with Gasteiger partial charge in [0.05, 0.1) is 13.0 Å². The van der Waals surface area contributed by atoms with Crippen molar-refractivity contribution in [2.24, 2.45) is 0 Å². The molecule has 0 aliphatic rings. The van der Waals surface area contributed by atoms with Crippen LogP contribution < -0.4 is 10.6 Å². The molecule has 0 aliphatic heterocycles. The average molecular weight is 407 g/mol. The van der Waals surface area contributed by atoms with Gasteiger partial charge in [0.1, 0.15) is 6.61 Å². The van der Waals surface area contributed by atoms with Crippen LogP contribution >= 0.6 is 15.9 Å². The third-order valence-corrected chi connectivity index (χ3v) is 3.72. The van der Waals surface area contributed by atoms with Gasteiger partial charge in [0.2, 0.25) is 5.91 Å². The number of carbonyl (C=O) groups excluding carboxylic acids is 2. The van der Waals surface area contributed by atoms with Crippen LogP contribution in [0.15, 0.2) is 53.0 Å². The molecule has 25 heavy (non-hydrogen) atoms. The van der Waals surface area contributed by atoms with Crippen molar-refractivity contribution in [3.63, 3.8) is 0 Å². The van der Waals surface area contributed by atoms with Gasteiger partial charge < -0.3 is 14.8 Å². The van der Waals surface area contributed by atoms with Crippen LogP contribution in [0.25, 0.3) is 0 Å². The minimum absolute atomic E-state index is 0.137. The zero-order valence-electron chi connectivity index (χ0n) is 13.8. The highest BCUT2D eigenvalue weighted by Crippen LogP contribution is 2.16. The molecule has 0 saturated carbocycles. The van der Waals surface area contributed by atoms with Gasteiger partial charge in [-0.2, -0.15) is 0 Å². The maximum atomic E-state index is 12.1. The summed E-state index contributed by atoms with van der Waals surface area (Å²) in [5.41, 5.74) is 2.04. The lowest BCUT2D eigenvalue weighted by Gasteiger charge is -2.09. The summed E-state index contributed by atoms with van der Waals surface area (Å²) in [6.07, 6.45) is -0.306. The lowest BCUT2D eigenvalue weighted by Crippen LogP contribution is -2.17. The van der Waals surface area contributed by atoms with Crippen LogP contribution in [0.4, 0.5) is 16.2 Å². The Morgan fingerprint density at radius 1 is 1.00 bits per heavy atom. The van der Waals surface area contributed by atoms with E-state index >= 15 is 0 Å². The second kappa shape index (κ2) is 9.80. The maximum absolute atomic E-state index is 12.1. The van der Waals surface area contributed by atoms with Gasteiger partial charge in [0.15, 0.2) is 0 Å². The van der Waals surface area contributed by atoms with Crippen LogP contribution in [0.3, 0.4) is 0 Å². The molecule has 0 saturated heterocycles. The van der Waals surface area contributed by atoms with Gasteiger partial charge in [-0.3, -0.25) is 10.1 Å². The van der Waals surface area contributed by atoms with Gasteiger partial charge in [-0.25, -0.2) is 4.79 Å². The summed E-state index contributed by atoms with van der Waals surface area (Å²) in [5.74, 6) is -0.137. The SMILES string of the molecule is COCCOC(=O)Nc1cccc(NC(=O)Cc2ccc(Br)cc2)c1. The second-order valence-corrected chi connectivity index (χ2v) is 6.10. The molecule has 0 atom stereocenters. The molecular formula is C18H19BrN2O4. The molecule has 0 bridgehead atoms. The summed E-state index contributed by atoms with van der Waals surface area (Å²) < 4.78 is 10.7. The van der Waals surface area contributed by atoms with Crippen molar-refractivity contribution in [2.75, 3.05) is 31.0 Å². The van der Waals surface area contributed by atoms with Crippen molar-refractivity contribution in [1.29, 1.82) is 0 Å². The summed E-state index contributed by atoms with van der Waals surface area (Å²) in [6, 6.07) is 14.4. The minimum Gasteiger partial charge on any atom is -0.447 e. The molecule has 2 aromatic rings. The third kappa shape index (κ3) is 6.94. The Bertz CT molecular complexity index is 719. The van der Waals surface area contributed by atoms with E-state index in [0.29, 0.717) is 18.0 Å². The van der Waals surface area contributed by atoms with Crippen LogP contribution in [0, 0.1) is 0 Å². The molecule has 7 heteroatoms. The van der Waals surface area contributed by atoms with E-state index in [4.69, 9.17) is 9.47 Å². The first-order chi connectivity index (χ1) is 12.1. The van der Waals surface area contributed by atoms with Crippen LogP contribution in [0.2, 0.25) is 0 Å². The fourth-order valence-electron chi connectivity index (χ4n) is 2.04. The van der Waals surface area contributed by atoms with Crippen molar-refractivity contribution in [3.8, 4) is 0 Å². The largest absolute Gasteiger partial charge is 0.447 e. The van der Waals surface area contributed by atoms with Crippen molar-refractivity contribution in [2.45, 2.75) is 6.42 Å². The summed E-state index contributed by atoms with van der Waals surface area (Å²) in [4.78, 5) is 23.7. The van der Waals surface area contributed by atoms with Gasteiger partial charge in [-0.1, -0.05) is 34.1 Å². The van der Waals surface area contributed by atoms with Gasteiger partial charge in [-0.15, -0.1) is 0 Å². The molecule has 0 aliphatic carbocycles. The van der Waals surface area contributed by atoms with Crippen molar-refractivity contribution in [3.05, 3.63) is 58.6 Å². The summed E-state index contributed by atoms with van der Waals surface area (Å²) >= 11 is 3.36. The van der Waals surface area contributed by atoms with Crippen LogP contribution in [0.5, 0.6) is 0 Å². The lowest BCUT2D eigenvalue weighted by atomic mass is 10.1. The first-order valence-electron chi connectivity index (χ1n) is 7.64. The zero-order chi connectivity index (χ0) is 18.1. The molecule has 2 amide bonds. The Labute approximate surface area is 154 Å². The van der Waals surface area contributed by atoms with Crippen LogP contribution in [-0.4, -0.2) is 32.3 Å². The van der Waals surface area contributed by atoms with Gasteiger partial charge in [-0.05, 0) is 35.9 Å². The Balaban J connectivity index is 1.88. The highest BCUT2D eigenvalue weighted by Gasteiger charge is 2.07. The number of carbonyl (C=O) groups is 2. The number of methoxy groups -OCH3 is 1. The first-order valence-corrected chi connectivity index (χ1v) is 8.43. The van der Waals surface area contributed by atoms with Gasteiger partial charge in [0, 0.05) is 23.0 Å². The fraction of sp³-hybridized carbons (Fsp3) is 0.222. The summed E-state index contributed by atoms with van der Waals surface area (Å²) in [5, 5.41) is 5.41. The molecule has 0 aromatic heterocycles. The number of hydrogen-bond donors (Lipinski definition) is 2. The van der Waals surface area contributed by atoms with Gasteiger partial charge >= 0.3 is 6.09 Å². The molecule has 0 spiro atoms. The number of nitrogens with one attached hydrogen (secondary N) is 2. The van der Waals surface area contributed by atoms with E-state index in [0.717, 1.165) is 10.0 Å². The highest BCUT2D eigenvalue weighted by atomic mass is 79.9. The molecular weight excluding hydrogens is 388 g/mol. The van der Waals surface area contributed by atoms with Crippen molar-refractivity contribution < 1.29 is 19.1 Å². The van der Waals surface area contributed by atoms with E-state index in [-0.39, 0.29) is 18.9 Å². The molecule has 2 aromatic carbocycles. The van der Waals surface area contributed by atoms with E-state index in [9.17, 15) is 9.59 Å². The normalized spacial score (nSPS) is 10.2. The number of halogens is 1. The number of rotatable bonds is 7. The Morgan fingerprint density at radius 3 is 2.36 bits per heavy atom. The Hall–Kier alpha value is -2.38. The van der Waals surface area contributed by atoms with E-state index in [1.807, 2.05) is 24.3 Å². The molecule has 0 fully saturated rings. The predicted molar refractivity (Wildman–Crippen MR) is 99.8 cm³/mol. The van der Waals surface area contributed by atoms with E-state index in [2.05, 4.69) is 26.6 Å². The molecule has 0 radical (unpaired) electrons. The Morgan fingerprint density at radius 2 is 1.68 bits per heavy atom. The second-order valence-electron chi connectivity index (χ2n) is 5.19. The number of anilines is 2. The fourth-order valence-corrected chi connectivity index (χ4v) is 2.30. The van der Waals surface area contributed by atoms with Gasteiger partial charge in [0.25, 0.3) is 0 Å². The van der Waals surface area contributed by atoms with Crippen LogP contribution in [-0.2, 0) is 20.7 Å². The highest BCUT2D eigenvalue weighted by molar-refractivity contribution is 9.10. The molecule has 0 unspecified atom stereocenters. The molecule has 0 heterocycles. The first kappa shape index (κ1) is 19.0. The van der Waals surface area contributed by atoms with Crippen molar-refractivity contribution >= 4 is 39.3 Å². The summed E-state index contributed by atoms with van der Waals surface area (Å²) in [6.45, 7) is 0.505. The molecule has 132 valence electrons. The number of hydrogen-bond acceptors (Lipinski definition) is 4. The lowest BCUT2D eigenvalue weighted by molar-refractivity contribution is -0.115. The number of amides is 2. The van der Waals surface area contributed by atoms with Crippen LogP contribution in [0.1, 0.15) is 5.56 Å². The molecule has 6 nitrogen and oxygen atoms in total. The van der Waals surface area contributed by atoms with E-state index < -0.39 is 6.09 Å². The molecule has 2 N–H and O–H groups in total. The van der Waals surface area contributed by atoms with Crippen molar-refractivity contribution in [1.82, 2.24) is 0 Å². The smallest absolute Gasteiger partial charge is 0.411 e. The Kier molecular flexibility index (Phi) is 7.43. The minimum atomic E-state index is -0.574. The predicted octanol–water partition coefficient (Wildman–Crippen LogP) is 3.83. The zero-order valence-corrected chi connectivity index (χ0v) is 15.3. The quantitative estimate of drug-likeness (QED) is 0.685. The summed E-state index contributed by atoms with van der Waals surface area (Å²) in [7, 11) is 1.53. The van der Waals surface area contributed by atoms with E-state index in [1.54, 1.807) is 24.3 Å². The number of benzene rings is 2. The topological polar surface area (TPSA) is 76.7 Å². The monoisotopic (exact) mass is 406 g/mol. The maximum Gasteiger partial charge on any atom is 0.411 e. The third-order valence-electron chi connectivity index (χ3n) is 3.19. The number of ether oxygens (including phenoxy) is 2. The standard InChI is InChI=1S/C18H19BrN2O4/c1-24-9-10-25-18(23)21-16-4-2-3-15(12-16)20-17(22)11-13-5-7-14(19)8-6-13/h2-8,12H,9-11H2,1H3,(H,20,22)(H,21,23). The van der Waals surface area contributed by atoms with E-state index in [1.165, 1.54) is 7.11 Å². The molecule has 2 rings (SSSR count). The average Bonchev–Trinajstić information content (AvgIpc) is 2.57.